The van der Waals surface area contributed by atoms with Crippen LogP contribution in [0.25, 0.3) is 0 Å². The number of rotatable bonds is 10. The van der Waals surface area contributed by atoms with Crippen molar-refractivity contribution in [3.05, 3.63) is 0 Å². The average Bonchev–Trinajstić information content (AvgIpc) is 2.25. The zero-order valence-corrected chi connectivity index (χ0v) is 11.7. The Hall–Kier alpha value is -0.160. The Morgan fingerprint density at radius 2 is 1.50 bits per heavy atom. The molecule has 4 heteroatoms. The van der Waals surface area contributed by atoms with Crippen molar-refractivity contribution in [3.63, 3.8) is 0 Å². The van der Waals surface area contributed by atoms with Gasteiger partial charge in [0.25, 0.3) is 0 Å². The van der Waals surface area contributed by atoms with Gasteiger partial charge in [0.1, 0.15) is 0 Å². The molecule has 0 bridgehead atoms. The fraction of sp³-hybridized carbons (Fsp3) is 1.00. The van der Waals surface area contributed by atoms with Crippen molar-refractivity contribution in [2.45, 2.75) is 20.3 Å². The highest BCUT2D eigenvalue weighted by molar-refractivity contribution is 4.55. The zero-order valence-electron chi connectivity index (χ0n) is 11.7. The van der Waals surface area contributed by atoms with Crippen LogP contribution in [0, 0.1) is 0 Å². The molecule has 97 valence electrons. The van der Waals surface area contributed by atoms with Gasteiger partial charge in [-0.1, -0.05) is 13.8 Å². The summed E-state index contributed by atoms with van der Waals surface area (Å²) in [4.78, 5) is 4.62. The van der Waals surface area contributed by atoms with Gasteiger partial charge in [0.2, 0.25) is 0 Å². The first kappa shape index (κ1) is 15.8. The van der Waals surface area contributed by atoms with Gasteiger partial charge in [-0.2, -0.15) is 5.43 Å². The molecule has 0 N–H and O–H groups in total. The van der Waals surface area contributed by atoms with E-state index in [1.54, 1.807) is 0 Å². The molecule has 0 spiro atoms. The molecule has 0 amide bonds. The molecule has 0 aromatic carbocycles. The molecule has 0 unspecified atom stereocenters. The summed E-state index contributed by atoms with van der Waals surface area (Å²) in [6.07, 6.45) is 1.14. The molecule has 0 aliphatic heterocycles. The van der Waals surface area contributed by atoms with Crippen molar-refractivity contribution in [1.29, 1.82) is 0 Å². The molecule has 0 saturated heterocycles. The van der Waals surface area contributed by atoms with Gasteiger partial charge in [0.15, 0.2) is 0 Å². The first-order valence-corrected chi connectivity index (χ1v) is 6.35. The quantitative estimate of drug-likeness (QED) is 0.408. The van der Waals surface area contributed by atoms with Crippen molar-refractivity contribution >= 4 is 0 Å². The number of hydrogen-bond donors (Lipinski definition) is 0. The third-order valence-electron chi connectivity index (χ3n) is 2.74. The molecular formula is C12H29N4. The molecule has 0 heterocycles. The monoisotopic (exact) mass is 229 g/mol. The lowest BCUT2D eigenvalue weighted by atomic mass is 10.4. The maximum atomic E-state index is 4.52. The highest BCUT2D eigenvalue weighted by Gasteiger charge is 2.02. The molecular weight excluding hydrogens is 200 g/mol. The van der Waals surface area contributed by atoms with Crippen LogP contribution in [-0.2, 0) is 0 Å². The summed E-state index contributed by atoms with van der Waals surface area (Å²) in [5.41, 5.74) is 4.52. The van der Waals surface area contributed by atoms with Gasteiger partial charge in [-0.25, -0.2) is 5.01 Å². The molecule has 0 aromatic rings. The Morgan fingerprint density at radius 1 is 0.875 bits per heavy atom. The fourth-order valence-electron chi connectivity index (χ4n) is 1.53. The van der Waals surface area contributed by atoms with Crippen molar-refractivity contribution < 1.29 is 0 Å². The molecule has 0 aliphatic carbocycles. The molecule has 16 heavy (non-hydrogen) atoms. The maximum absolute atomic E-state index is 4.52. The zero-order chi connectivity index (χ0) is 12.4. The minimum Gasteiger partial charge on any atom is -0.309 e. The van der Waals surface area contributed by atoms with Gasteiger partial charge in [-0.05, 0) is 40.2 Å². The van der Waals surface area contributed by atoms with E-state index in [4.69, 9.17) is 0 Å². The SMILES string of the molecule is CCN(CC)CCN(C)[N]CCCN(C)C. The summed E-state index contributed by atoms with van der Waals surface area (Å²) in [5.74, 6) is 0. The highest BCUT2D eigenvalue weighted by atomic mass is 15.5. The van der Waals surface area contributed by atoms with Crippen molar-refractivity contribution in [2.75, 3.05) is 60.4 Å². The van der Waals surface area contributed by atoms with Gasteiger partial charge < -0.3 is 9.80 Å². The lowest BCUT2D eigenvalue weighted by molar-refractivity contribution is 0.182. The van der Waals surface area contributed by atoms with Crippen LogP contribution in [0.4, 0.5) is 0 Å². The standard InChI is InChI=1S/C12H29N4/c1-6-16(7-2)12-11-15(5)13-9-8-10-14(3)4/h6-12H2,1-5H3. The average molecular weight is 229 g/mol. The van der Waals surface area contributed by atoms with E-state index in [2.05, 4.69) is 55.2 Å². The third-order valence-corrected chi connectivity index (χ3v) is 2.74. The van der Waals surface area contributed by atoms with Crippen LogP contribution in [0.1, 0.15) is 20.3 Å². The van der Waals surface area contributed by atoms with Crippen LogP contribution in [-0.4, -0.2) is 75.2 Å². The Bertz CT molecular complexity index is 146. The van der Waals surface area contributed by atoms with Crippen LogP contribution in [0.3, 0.4) is 0 Å². The Kier molecular flexibility index (Phi) is 9.92. The van der Waals surface area contributed by atoms with Crippen LogP contribution >= 0.6 is 0 Å². The lowest BCUT2D eigenvalue weighted by Crippen LogP contribution is -2.37. The smallest absolute Gasteiger partial charge is 0.0318 e. The van der Waals surface area contributed by atoms with Crippen molar-refractivity contribution in [2.24, 2.45) is 0 Å². The first-order chi connectivity index (χ1) is 7.60. The molecule has 0 aliphatic rings. The second-order valence-corrected chi connectivity index (χ2v) is 4.43. The largest absolute Gasteiger partial charge is 0.309 e. The minimum atomic E-state index is 0.937. The van der Waals surface area contributed by atoms with E-state index in [0.29, 0.717) is 0 Å². The lowest BCUT2D eigenvalue weighted by Gasteiger charge is -2.22. The predicted octanol–water partition coefficient (Wildman–Crippen LogP) is 0.731. The van der Waals surface area contributed by atoms with Crippen molar-refractivity contribution in [1.82, 2.24) is 20.2 Å². The van der Waals surface area contributed by atoms with Gasteiger partial charge in [0, 0.05) is 26.7 Å². The molecule has 0 saturated carbocycles. The third kappa shape index (κ3) is 9.09. The molecule has 0 rings (SSSR count). The topological polar surface area (TPSA) is 23.8 Å². The summed E-state index contributed by atoms with van der Waals surface area (Å²) in [7, 11) is 6.27. The summed E-state index contributed by atoms with van der Waals surface area (Å²) in [5, 5.41) is 2.08. The second kappa shape index (κ2) is 10.0. The van der Waals surface area contributed by atoms with Crippen LogP contribution in [0.2, 0.25) is 0 Å². The van der Waals surface area contributed by atoms with E-state index in [-0.39, 0.29) is 0 Å². The van der Waals surface area contributed by atoms with Gasteiger partial charge in [0.05, 0.1) is 0 Å². The van der Waals surface area contributed by atoms with Crippen LogP contribution < -0.4 is 5.43 Å². The Morgan fingerprint density at radius 3 is 2.00 bits per heavy atom. The maximum Gasteiger partial charge on any atom is 0.0318 e. The highest BCUT2D eigenvalue weighted by Crippen LogP contribution is 1.89. The van der Waals surface area contributed by atoms with Gasteiger partial charge in [-0.3, -0.25) is 0 Å². The van der Waals surface area contributed by atoms with E-state index in [9.17, 15) is 0 Å². The fourth-order valence-corrected chi connectivity index (χ4v) is 1.53. The normalized spacial score (nSPS) is 12.0. The van der Waals surface area contributed by atoms with Crippen LogP contribution in [0.15, 0.2) is 0 Å². The van der Waals surface area contributed by atoms with E-state index >= 15 is 0 Å². The predicted molar refractivity (Wildman–Crippen MR) is 70.6 cm³/mol. The number of likely N-dealkylation sites (N-methyl/N-ethyl adjacent to an activating group) is 2. The van der Waals surface area contributed by atoms with E-state index in [1.807, 2.05) is 0 Å². The Balaban J connectivity index is 3.40. The van der Waals surface area contributed by atoms with E-state index in [0.717, 1.165) is 45.7 Å². The molecule has 0 atom stereocenters. The Labute approximate surface area is 102 Å². The van der Waals surface area contributed by atoms with E-state index in [1.165, 1.54) is 0 Å². The van der Waals surface area contributed by atoms with Crippen LogP contribution in [0.5, 0.6) is 0 Å². The minimum absolute atomic E-state index is 0.937. The number of hydrogen-bond acceptors (Lipinski definition) is 3. The molecule has 4 nitrogen and oxygen atoms in total. The summed E-state index contributed by atoms with van der Waals surface area (Å²) < 4.78 is 0. The second-order valence-electron chi connectivity index (χ2n) is 4.43. The van der Waals surface area contributed by atoms with Gasteiger partial charge in [-0.15, -0.1) is 0 Å². The molecule has 0 fully saturated rings. The summed E-state index contributed by atoms with van der Waals surface area (Å²) in [6.45, 7) is 10.9. The summed E-state index contributed by atoms with van der Waals surface area (Å²) >= 11 is 0. The summed E-state index contributed by atoms with van der Waals surface area (Å²) in [6, 6.07) is 0. The first-order valence-electron chi connectivity index (χ1n) is 6.35. The van der Waals surface area contributed by atoms with Crippen molar-refractivity contribution in [3.8, 4) is 0 Å². The molecule has 1 radical (unpaired) electrons. The molecule has 0 aromatic heterocycles. The number of nitrogens with zero attached hydrogens (tertiary/aromatic N) is 4. The van der Waals surface area contributed by atoms with E-state index < -0.39 is 0 Å². The van der Waals surface area contributed by atoms with Gasteiger partial charge >= 0.3 is 0 Å².